The quantitative estimate of drug-likeness (QED) is 0.469. The molecule has 1 amide bonds. The fourth-order valence-electron chi connectivity index (χ4n) is 3.41. The summed E-state index contributed by atoms with van der Waals surface area (Å²) in [6.45, 7) is 1.40. The van der Waals surface area contributed by atoms with Gasteiger partial charge in [0.1, 0.15) is 23.4 Å². The van der Waals surface area contributed by atoms with Gasteiger partial charge in [-0.15, -0.1) is 0 Å². The number of amides is 1. The molecule has 10 heteroatoms. The average Bonchev–Trinajstić information content (AvgIpc) is 2.82. The minimum absolute atomic E-state index is 0.0661. The smallest absolute Gasteiger partial charge is 0.277 e. The first-order valence-corrected chi connectivity index (χ1v) is 12.5. The zero-order chi connectivity index (χ0) is 24.9. The molecule has 1 heterocycles. The van der Waals surface area contributed by atoms with Gasteiger partial charge in [0.2, 0.25) is 5.91 Å². The lowest BCUT2D eigenvalue weighted by Crippen LogP contribution is -2.43. The van der Waals surface area contributed by atoms with E-state index >= 15 is 0 Å². The Kier molecular flexibility index (Phi) is 7.83. The van der Waals surface area contributed by atoms with E-state index in [2.05, 4.69) is 4.98 Å². The molecule has 0 bridgehead atoms. The third-order valence-electron chi connectivity index (χ3n) is 5.67. The molecule has 2 N–H and O–H groups in total. The van der Waals surface area contributed by atoms with Gasteiger partial charge in [-0.3, -0.25) is 14.2 Å². The van der Waals surface area contributed by atoms with E-state index in [0.29, 0.717) is 12.0 Å². The van der Waals surface area contributed by atoms with Gasteiger partial charge in [0.25, 0.3) is 5.56 Å². The Morgan fingerprint density at radius 2 is 1.76 bits per heavy atom. The van der Waals surface area contributed by atoms with Crippen LogP contribution in [0.15, 0.2) is 65.6 Å². The monoisotopic (exact) mass is 486 g/mol. The van der Waals surface area contributed by atoms with Crippen molar-refractivity contribution in [3.8, 4) is 11.4 Å². The van der Waals surface area contributed by atoms with Crippen molar-refractivity contribution in [3.05, 3.63) is 82.5 Å². The number of carbonyl (C=O) groups excluding carboxylic acids is 1. The lowest BCUT2D eigenvalue weighted by Gasteiger charge is -2.24. The second-order valence-electron chi connectivity index (χ2n) is 8.01. The van der Waals surface area contributed by atoms with E-state index in [1.807, 2.05) is 30.3 Å². The second-order valence-corrected chi connectivity index (χ2v) is 10.3. The highest BCUT2D eigenvalue weighted by Gasteiger charge is 2.22. The van der Waals surface area contributed by atoms with Crippen molar-refractivity contribution >= 4 is 21.4 Å². The van der Waals surface area contributed by atoms with Gasteiger partial charge in [-0.25, -0.2) is 17.8 Å². The Labute approximate surface area is 197 Å². The van der Waals surface area contributed by atoms with Crippen LogP contribution in [0.25, 0.3) is 11.4 Å². The number of hydrogen-bond acceptors (Lipinski definition) is 6. The number of benzene rings is 2. The molecular formula is C24H27FN4O4S. The molecule has 1 atom stereocenters. The predicted molar refractivity (Wildman–Crippen MR) is 130 cm³/mol. The van der Waals surface area contributed by atoms with Crippen LogP contribution < -0.4 is 16.2 Å². The van der Waals surface area contributed by atoms with Crippen LogP contribution in [0.3, 0.4) is 0 Å². The van der Waals surface area contributed by atoms with Gasteiger partial charge in [0, 0.05) is 19.2 Å². The fourth-order valence-corrected chi connectivity index (χ4v) is 4.62. The normalized spacial score (nSPS) is 12.3. The van der Waals surface area contributed by atoms with E-state index < -0.39 is 33.2 Å². The number of halogens is 1. The number of carbonyl (C=O) groups is 1. The number of aromatic nitrogens is 2. The molecule has 1 unspecified atom stereocenters. The van der Waals surface area contributed by atoms with Crippen molar-refractivity contribution in [2.75, 3.05) is 23.5 Å². The average molecular weight is 487 g/mol. The van der Waals surface area contributed by atoms with E-state index in [1.165, 1.54) is 47.0 Å². The number of sulfone groups is 1. The Morgan fingerprint density at radius 1 is 1.12 bits per heavy atom. The van der Waals surface area contributed by atoms with Crippen LogP contribution in [0.1, 0.15) is 12.5 Å². The van der Waals surface area contributed by atoms with E-state index in [1.54, 1.807) is 6.92 Å². The Hall–Kier alpha value is -3.53. The first kappa shape index (κ1) is 25.1. The molecule has 0 aliphatic rings. The predicted octanol–water partition coefficient (Wildman–Crippen LogP) is 2.02. The first-order chi connectivity index (χ1) is 16.1. The number of hydrogen-bond donors (Lipinski definition) is 1. The number of likely N-dealkylation sites (N-methyl/N-ethyl adjacent to an activating group) is 1. The zero-order valence-corrected chi connectivity index (χ0v) is 19.8. The van der Waals surface area contributed by atoms with E-state index in [-0.39, 0.29) is 29.6 Å². The number of aryl methyl sites for hydroxylation is 1. The van der Waals surface area contributed by atoms with Crippen LogP contribution in [0.4, 0.5) is 10.1 Å². The maximum Gasteiger partial charge on any atom is 0.277 e. The van der Waals surface area contributed by atoms with Gasteiger partial charge in [0.05, 0.1) is 17.7 Å². The van der Waals surface area contributed by atoms with Gasteiger partial charge < -0.3 is 10.6 Å². The van der Waals surface area contributed by atoms with Crippen LogP contribution >= 0.6 is 0 Å². The molecule has 34 heavy (non-hydrogen) atoms. The summed E-state index contributed by atoms with van der Waals surface area (Å²) in [5.74, 6) is -1.23. The molecule has 0 saturated heterocycles. The maximum atomic E-state index is 13.4. The fraction of sp³-hybridized carbons (Fsp3) is 0.292. The van der Waals surface area contributed by atoms with Crippen molar-refractivity contribution < 1.29 is 17.6 Å². The highest BCUT2D eigenvalue weighted by molar-refractivity contribution is 7.91. The standard InChI is InChI=1S/C24H27FN4O4S/c1-17(22(26)30)28(2)21-16-27-23(19-8-10-20(25)11-9-19)29(24(21)31)13-15-34(32,33)14-12-18-6-4-3-5-7-18/h3-11,16-17H,12-15H2,1-2H3,(H2,26,30). The maximum absolute atomic E-state index is 13.4. The minimum Gasteiger partial charge on any atom is -0.368 e. The molecule has 3 aromatic rings. The second kappa shape index (κ2) is 10.6. The third kappa shape index (κ3) is 6.07. The molecule has 0 saturated carbocycles. The van der Waals surface area contributed by atoms with Crippen LogP contribution in [-0.2, 0) is 27.6 Å². The van der Waals surface area contributed by atoms with Gasteiger partial charge >= 0.3 is 0 Å². The molecule has 0 aliphatic heterocycles. The molecular weight excluding hydrogens is 459 g/mol. The third-order valence-corrected chi connectivity index (χ3v) is 7.31. The highest BCUT2D eigenvalue weighted by atomic mass is 32.2. The lowest BCUT2D eigenvalue weighted by molar-refractivity contribution is -0.118. The van der Waals surface area contributed by atoms with E-state index in [9.17, 15) is 22.4 Å². The summed E-state index contributed by atoms with van der Waals surface area (Å²) in [6, 6.07) is 13.9. The molecule has 0 fully saturated rings. The molecule has 1 aromatic heterocycles. The minimum atomic E-state index is -3.50. The van der Waals surface area contributed by atoms with E-state index in [4.69, 9.17) is 5.73 Å². The Balaban J connectivity index is 1.93. The van der Waals surface area contributed by atoms with Crippen molar-refractivity contribution in [1.29, 1.82) is 0 Å². The van der Waals surface area contributed by atoms with Crippen molar-refractivity contribution in [2.24, 2.45) is 5.73 Å². The topological polar surface area (TPSA) is 115 Å². The van der Waals surface area contributed by atoms with Crippen molar-refractivity contribution in [1.82, 2.24) is 9.55 Å². The number of nitrogens with two attached hydrogens (primary N) is 1. The molecule has 0 aliphatic carbocycles. The first-order valence-electron chi connectivity index (χ1n) is 10.7. The summed E-state index contributed by atoms with van der Waals surface area (Å²) < 4.78 is 40.2. The van der Waals surface area contributed by atoms with Gasteiger partial charge in [-0.1, -0.05) is 30.3 Å². The summed E-state index contributed by atoms with van der Waals surface area (Å²) in [5, 5.41) is 0. The summed E-state index contributed by atoms with van der Waals surface area (Å²) >= 11 is 0. The van der Waals surface area contributed by atoms with Crippen LogP contribution in [-0.4, -0.2) is 48.5 Å². The molecule has 0 radical (unpaired) electrons. The Bertz CT molecular complexity index is 1310. The van der Waals surface area contributed by atoms with Gasteiger partial charge in [-0.2, -0.15) is 0 Å². The number of primary amides is 1. The summed E-state index contributed by atoms with van der Waals surface area (Å²) in [6.07, 6.45) is 1.67. The molecule has 8 nitrogen and oxygen atoms in total. The van der Waals surface area contributed by atoms with Crippen molar-refractivity contribution in [3.63, 3.8) is 0 Å². The number of nitrogens with zero attached hydrogens (tertiary/aromatic N) is 3. The molecule has 180 valence electrons. The molecule has 3 rings (SSSR count). The SMILES string of the molecule is CC(C(N)=O)N(C)c1cnc(-c2ccc(F)cc2)n(CCS(=O)(=O)CCc2ccccc2)c1=O. The molecule has 2 aromatic carbocycles. The van der Waals surface area contributed by atoms with Crippen LogP contribution in [0.2, 0.25) is 0 Å². The summed E-state index contributed by atoms with van der Waals surface area (Å²) in [7, 11) is -1.96. The lowest BCUT2D eigenvalue weighted by atomic mass is 10.2. The largest absolute Gasteiger partial charge is 0.368 e. The molecule has 0 spiro atoms. The summed E-state index contributed by atoms with van der Waals surface area (Å²) in [5.41, 5.74) is 6.30. The van der Waals surface area contributed by atoms with Crippen LogP contribution in [0, 0.1) is 5.82 Å². The highest BCUT2D eigenvalue weighted by Crippen LogP contribution is 2.19. The van der Waals surface area contributed by atoms with E-state index in [0.717, 1.165) is 5.56 Å². The summed E-state index contributed by atoms with van der Waals surface area (Å²) in [4.78, 5) is 30.7. The van der Waals surface area contributed by atoms with Crippen LogP contribution in [0.5, 0.6) is 0 Å². The Morgan fingerprint density at radius 3 is 2.38 bits per heavy atom. The van der Waals surface area contributed by atoms with Gasteiger partial charge in [-0.05, 0) is 43.2 Å². The van der Waals surface area contributed by atoms with Gasteiger partial charge in [0.15, 0.2) is 9.84 Å². The number of rotatable bonds is 10. The zero-order valence-electron chi connectivity index (χ0n) is 19.0. The number of anilines is 1. The van der Waals surface area contributed by atoms with Crippen molar-refractivity contribution in [2.45, 2.75) is 25.9 Å².